The molecule has 25 heavy (non-hydrogen) atoms. The lowest BCUT2D eigenvalue weighted by Gasteiger charge is -2.26. The number of carbonyl (C=O) groups is 1. The number of hydrogen-bond acceptors (Lipinski definition) is 4. The third kappa shape index (κ3) is 3.46. The van der Waals surface area contributed by atoms with Crippen molar-refractivity contribution in [2.24, 2.45) is 0 Å². The van der Waals surface area contributed by atoms with Crippen molar-refractivity contribution < 1.29 is 14.3 Å². The molecule has 1 fully saturated rings. The Morgan fingerprint density at radius 3 is 2.64 bits per heavy atom. The minimum Gasteiger partial charge on any atom is -0.492 e. The fraction of sp³-hybridized carbons (Fsp3) is 0.381. The number of hydrogen-bond donors (Lipinski definition) is 0. The Labute approximate surface area is 148 Å². The second kappa shape index (κ2) is 7.38. The first-order valence-corrected chi connectivity index (χ1v) is 9.00. The molecule has 1 heterocycles. The van der Waals surface area contributed by atoms with E-state index in [-0.39, 0.29) is 5.78 Å². The van der Waals surface area contributed by atoms with Gasteiger partial charge in [-0.1, -0.05) is 36.4 Å². The molecule has 1 aliphatic heterocycles. The van der Waals surface area contributed by atoms with E-state index in [1.54, 1.807) is 0 Å². The van der Waals surface area contributed by atoms with E-state index in [1.165, 1.54) is 0 Å². The highest BCUT2D eigenvalue weighted by Gasteiger charge is 2.23. The van der Waals surface area contributed by atoms with Crippen molar-refractivity contribution >= 4 is 5.78 Å². The Morgan fingerprint density at radius 2 is 1.76 bits per heavy atom. The van der Waals surface area contributed by atoms with Gasteiger partial charge in [-0.15, -0.1) is 0 Å². The van der Waals surface area contributed by atoms with Gasteiger partial charge in [0.05, 0.1) is 13.2 Å². The number of aryl methyl sites for hydroxylation is 1. The van der Waals surface area contributed by atoms with Gasteiger partial charge in [-0.3, -0.25) is 9.69 Å². The SMILES string of the molecule is O=C1c2ccccc2CCc2c(OCCN3CCOCC3)cccc21. The van der Waals surface area contributed by atoms with Crippen LogP contribution in [0.25, 0.3) is 0 Å². The average Bonchev–Trinajstić information content (AvgIpc) is 2.81. The Bertz CT molecular complexity index is 765. The molecule has 0 aromatic heterocycles. The second-order valence-corrected chi connectivity index (χ2v) is 6.57. The summed E-state index contributed by atoms with van der Waals surface area (Å²) < 4.78 is 11.5. The largest absolute Gasteiger partial charge is 0.492 e. The standard InChI is InChI=1S/C21H23NO3/c23-21-17-5-2-1-4-16(17)8-9-18-19(21)6-3-7-20(18)25-15-12-22-10-13-24-14-11-22/h1-7H,8-15H2. The number of carbonyl (C=O) groups excluding carboxylic acids is 1. The molecular weight excluding hydrogens is 314 g/mol. The summed E-state index contributed by atoms with van der Waals surface area (Å²) >= 11 is 0. The molecule has 0 N–H and O–H groups in total. The van der Waals surface area contributed by atoms with E-state index in [2.05, 4.69) is 11.0 Å². The van der Waals surface area contributed by atoms with Crippen LogP contribution in [0.3, 0.4) is 0 Å². The molecule has 0 atom stereocenters. The average molecular weight is 337 g/mol. The summed E-state index contributed by atoms with van der Waals surface area (Å²) in [7, 11) is 0. The van der Waals surface area contributed by atoms with E-state index in [0.717, 1.165) is 73.7 Å². The van der Waals surface area contributed by atoms with Gasteiger partial charge in [0.2, 0.25) is 0 Å². The van der Waals surface area contributed by atoms with Crippen molar-refractivity contribution in [3.8, 4) is 5.75 Å². The van der Waals surface area contributed by atoms with Gasteiger partial charge >= 0.3 is 0 Å². The van der Waals surface area contributed by atoms with Crippen LogP contribution in [-0.2, 0) is 17.6 Å². The number of ketones is 1. The van der Waals surface area contributed by atoms with Crippen LogP contribution in [0.5, 0.6) is 5.75 Å². The lowest BCUT2D eigenvalue weighted by Crippen LogP contribution is -2.38. The summed E-state index contributed by atoms with van der Waals surface area (Å²) in [5.74, 6) is 0.966. The molecule has 0 unspecified atom stereocenters. The minimum atomic E-state index is 0.113. The van der Waals surface area contributed by atoms with Crippen LogP contribution >= 0.6 is 0 Å². The predicted molar refractivity (Wildman–Crippen MR) is 96.5 cm³/mol. The van der Waals surface area contributed by atoms with E-state index in [4.69, 9.17) is 9.47 Å². The summed E-state index contributed by atoms with van der Waals surface area (Å²) in [6, 6.07) is 13.8. The van der Waals surface area contributed by atoms with Gasteiger partial charge in [0.25, 0.3) is 0 Å². The summed E-state index contributed by atoms with van der Waals surface area (Å²) in [6.45, 7) is 5.05. The molecule has 2 aromatic carbocycles. The third-order valence-corrected chi connectivity index (χ3v) is 5.05. The first-order chi connectivity index (χ1) is 12.3. The zero-order chi connectivity index (χ0) is 17.1. The summed E-state index contributed by atoms with van der Waals surface area (Å²) in [6.07, 6.45) is 1.71. The fourth-order valence-electron chi connectivity index (χ4n) is 3.65. The highest BCUT2D eigenvalue weighted by atomic mass is 16.5. The number of benzene rings is 2. The molecule has 0 spiro atoms. The van der Waals surface area contributed by atoms with E-state index in [9.17, 15) is 4.79 Å². The molecular formula is C21H23NO3. The Kier molecular flexibility index (Phi) is 4.81. The molecule has 2 aromatic rings. The topological polar surface area (TPSA) is 38.8 Å². The maximum absolute atomic E-state index is 12.9. The summed E-state index contributed by atoms with van der Waals surface area (Å²) in [4.78, 5) is 15.3. The van der Waals surface area contributed by atoms with Crippen LogP contribution in [0.15, 0.2) is 42.5 Å². The molecule has 4 heteroatoms. The van der Waals surface area contributed by atoms with Gasteiger partial charge in [-0.05, 0) is 24.5 Å². The molecule has 0 amide bonds. The van der Waals surface area contributed by atoms with Crippen molar-refractivity contribution in [2.75, 3.05) is 39.5 Å². The quantitative estimate of drug-likeness (QED) is 0.860. The fourth-order valence-corrected chi connectivity index (χ4v) is 3.65. The van der Waals surface area contributed by atoms with Crippen LogP contribution in [0.4, 0.5) is 0 Å². The first kappa shape index (κ1) is 16.3. The highest BCUT2D eigenvalue weighted by Crippen LogP contribution is 2.30. The molecule has 4 rings (SSSR count). The van der Waals surface area contributed by atoms with Crippen molar-refractivity contribution in [1.29, 1.82) is 0 Å². The van der Waals surface area contributed by atoms with Crippen LogP contribution in [-0.4, -0.2) is 50.1 Å². The Hall–Kier alpha value is -2.17. The first-order valence-electron chi connectivity index (χ1n) is 9.00. The van der Waals surface area contributed by atoms with E-state index >= 15 is 0 Å². The van der Waals surface area contributed by atoms with Crippen molar-refractivity contribution in [2.45, 2.75) is 12.8 Å². The molecule has 2 aliphatic rings. The van der Waals surface area contributed by atoms with Crippen LogP contribution in [0, 0.1) is 0 Å². The van der Waals surface area contributed by atoms with Crippen LogP contribution in [0.1, 0.15) is 27.0 Å². The van der Waals surface area contributed by atoms with Crippen molar-refractivity contribution in [1.82, 2.24) is 4.90 Å². The van der Waals surface area contributed by atoms with Gasteiger partial charge in [0.15, 0.2) is 5.78 Å². The molecule has 0 saturated carbocycles. The van der Waals surface area contributed by atoms with E-state index in [0.29, 0.717) is 6.61 Å². The number of ether oxygens (including phenoxy) is 2. The highest BCUT2D eigenvalue weighted by molar-refractivity contribution is 6.11. The zero-order valence-electron chi connectivity index (χ0n) is 14.4. The van der Waals surface area contributed by atoms with Gasteiger partial charge in [-0.25, -0.2) is 0 Å². The number of fused-ring (bicyclic) bond motifs is 2. The number of morpholine rings is 1. The third-order valence-electron chi connectivity index (χ3n) is 5.05. The maximum atomic E-state index is 12.9. The molecule has 1 saturated heterocycles. The summed E-state index contributed by atoms with van der Waals surface area (Å²) in [5.41, 5.74) is 3.79. The Balaban J connectivity index is 1.51. The lowest BCUT2D eigenvalue weighted by molar-refractivity contribution is 0.0322. The minimum absolute atomic E-state index is 0.113. The van der Waals surface area contributed by atoms with E-state index in [1.807, 2.05) is 36.4 Å². The molecule has 0 radical (unpaired) electrons. The van der Waals surface area contributed by atoms with Crippen LogP contribution in [0.2, 0.25) is 0 Å². The van der Waals surface area contributed by atoms with E-state index < -0.39 is 0 Å². The van der Waals surface area contributed by atoms with Crippen molar-refractivity contribution in [3.63, 3.8) is 0 Å². The monoisotopic (exact) mass is 337 g/mol. The number of nitrogens with zero attached hydrogens (tertiary/aromatic N) is 1. The lowest BCUT2D eigenvalue weighted by atomic mass is 9.98. The van der Waals surface area contributed by atoms with Gasteiger partial charge in [0.1, 0.15) is 12.4 Å². The van der Waals surface area contributed by atoms with Gasteiger partial charge in [0, 0.05) is 36.3 Å². The maximum Gasteiger partial charge on any atom is 0.193 e. The zero-order valence-corrected chi connectivity index (χ0v) is 14.4. The normalized spacial score (nSPS) is 17.5. The molecule has 4 nitrogen and oxygen atoms in total. The molecule has 130 valence electrons. The van der Waals surface area contributed by atoms with Crippen molar-refractivity contribution in [3.05, 3.63) is 64.7 Å². The van der Waals surface area contributed by atoms with Gasteiger partial charge < -0.3 is 9.47 Å². The smallest absolute Gasteiger partial charge is 0.193 e. The summed E-state index contributed by atoms with van der Waals surface area (Å²) in [5, 5.41) is 0. The van der Waals surface area contributed by atoms with Crippen LogP contribution < -0.4 is 4.74 Å². The molecule has 1 aliphatic carbocycles. The second-order valence-electron chi connectivity index (χ2n) is 6.57. The van der Waals surface area contributed by atoms with Gasteiger partial charge in [-0.2, -0.15) is 0 Å². The number of rotatable bonds is 4. The predicted octanol–water partition coefficient (Wildman–Crippen LogP) is 2.73. The Morgan fingerprint density at radius 1 is 0.960 bits per heavy atom. The molecule has 0 bridgehead atoms.